The Balaban J connectivity index is 2.58. The summed E-state index contributed by atoms with van der Waals surface area (Å²) < 4.78 is 5.87. The third-order valence-electron chi connectivity index (χ3n) is 4.10. The van der Waals surface area contributed by atoms with E-state index in [1.165, 1.54) is 4.90 Å². The van der Waals surface area contributed by atoms with Gasteiger partial charge >= 0.3 is 12.0 Å². The van der Waals surface area contributed by atoms with E-state index < -0.39 is 5.97 Å². The van der Waals surface area contributed by atoms with Gasteiger partial charge in [-0.2, -0.15) is 0 Å². The lowest BCUT2D eigenvalue weighted by atomic mass is 9.86. The number of nitrogens with one attached hydrogen (secondary N) is 1. The summed E-state index contributed by atoms with van der Waals surface area (Å²) in [6.45, 7) is 6.71. The first-order valence-electron chi connectivity index (χ1n) is 7.37. The van der Waals surface area contributed by atoms with Crippen LogP contribution in [-0.4, -0.2) is 53.3 Å². The van der Waals surface area contributed by atoms with Crippen molar-refractivity contribution in [3.05, 3.63) is 0 Å². The van der Waals surface area contributed by atoms with Gasteiger partial charge in [-0.1, -0.05) is 13.8 Å². The molecule has 1 unspecified atom stereocenters. The van der Waals surface area contributed by atoms with Gasteiger partial charge in [-0.15, -0.1) is 0 Å². The number of amides is 2. The molecular weight excluding hydrogens is 260 g/mol. The topological polar surface area (TPSA) is 78.9 Å². The van der Waals surface area contributed by atoms with Gasteiger partial charge in [-0.05, 0) is 32.6 Å². The molecule has 6 nitrogen and oxygen atoms in total. The van der Waals surface area contributed by atoms with E-state index in [4.69, 9.17) is 9.84 Å². The fourth-order valence-electron chi connectivity index (χ4n) is 2.65. The van der Waals surface area contributed by atoms with Gasteiger partial charge in [0.25, 0.3) is 0 Å². The number of carbonyl (C=O) groups excluding carboxylic acids is 1. The molecule has 0 radical (unpaired) electrons. The molecule has 1 fully saturated rings. The molecule has 0 saturated carbocycles. The monoisotopic (exact) mass is 286 g/mol. The van der Waals surface area contributed by atoms with E-state index in [2.05, 4.69) is 19.2 Å². The molecule has 0 aromatic carbocycles. The average Bonchev–Trinajstić information content (AvgIpc) is 2.44. The summed E-state index contributed by atoms with van der Waals surface area (Å²) in [5.41, 5.74) is -0.153. The molecule has 6 heteroatoms. The number of urea groups is 1. The summed E-state index contributed by atoms with van der Waals surface area (Å²) >= 11 is 0. The van der Waals surface area contributed by atoms with Crippen molar-refractivity contribution in [2.45, 2.75) is 58.1 Å². The number of ether oxygens (including phenoxy) is 1. The zero-order chi connectivity index (χ0) is 15.2. The van der Waals surface area contributed by atoms with Crippen LogP contribution in [-0.2, 0) is 9.53 Å². The van der Waals surface area contributed by atoms with E-state index in [0.29, 0.717) is 13.2 Å². The maximum absolute atomic E-state index is 12.1. The lowest BCUT2D eigenvalue weighted by Crippen LogP contribution is -2.52. The van der Waals surface area contributed by atoms with E-state index >= 15 is 0 Å². The van der Waals surface area contributed by atoms with Crippen molar-refractivity contribution >= 4 is 12.0 Å². The van der Waals surface area contributed by atoms with Crippen LogP contribution in [0.15, 0.2) is 0 Å². The Labute approximate surface area is 120 Å². The van der Waals surface area contributed by atoms with E-state index in [0.717, 1.165) is 25.7 Å². The van der Waals surface area contributed by atoms with Crippen LogP contribution in [0.2, 0.25) is 0 Å². The minimum Gasteiger partial charge on any atom is -0.480 e. The number of aliphatic carboxylic acids is 1. The van der Waals surface area contributed by atoms with Crippen molar-refractivity contribution in [3.63, 3.8) is 0 Å². The largest absolute Gasteiger partial charge is 0.480 e. The molecule has 0 spiro atoms. The second-order valence-corrected chi connectivity index (χ2v) is 5.29. The Bertz CT molecular complexity index is 342. The average molecular weight is 286 g/mol. The summed E-state index contributed by atoms with van der Waals surface area (Å²) in [7, 11) is 0. The molecule has 0 aromatic heterocycles. The molecule has 20 heavy (non-hydrogen) atoms. The molecule has 0 aromatic rings. The predicted molar refractivity (Wildman–Crippen MR) is 75.7 cm³/mol. The standard InChI is InChI=1S/C14H26N2O4/c1-4-14(5-2)9-11(7-8-20-14)15-13(19)16(6-3)10-12(17)18/h11H,4-10H2,1-3H3,(H,15,19)(H,17,18). The predicted octanol–water partition coefficient (Wildman–Crippen LogP) is 1.84. The number of carbonyl (C=O) groups is 2. The maximum atomic E-state index is 12.1. The zero-order valence-corrected chi connectivity index (χ0v) is 12.6. The van der Waals surface area contributed by atoms with Crippen LogP contribution in [0.3, 0.4) is 0 Å². The van der Waals surface area contributed by atoms with Gasteiger partial charge in [-0.3, -0.25) is 4.79 Å². The van der Waals surface area contributed by atoms with Crippen molar-refractivity contribution in [1.82, 2.24) is 10.2 Å². The number of hydrogen-bond acceptors (Lipinski definition) is 3. The quantitative estimate of drug-likeness (QED) is 0.781. The molecule has 1 aliphatic heterocycles. The summed E-state index contributed by atoms with van der Waals surface area (Å²) in [6.07, 6.45) is 3.40. The molecular formula is C14H26N2O4. The first-order valence-corrected chi connectivity index (χ1v) is 7.37. The molecule has 116 valence electrons. The second kappa shape index (κ2) is 7.47. The maximum Gasteiger partial charge on any atom is 0.323 e. The van der Waals surface area contributed by atoms with E-state index in [9.17, 15) is 9.59 Å². The number of rotatable bonds is 6. The van der Waals surface area contributed by atoms with Gasteiger partial charge in [0.1, 0.15) is 6.54 Å². The normalized spacial score (nSPS) is 21.2. The van der Waals surface area contributed by atoms with Crippen LogP contribution < -0.4 is 5.32 Å². The summed E-state index contributed by atoms with van der Waals surface area (Å²) in [6, 6.07) is -0.248. The fourth-order valence-corrected chi connectivity index (χ4v) is 2.65. The third kappa shape index (κ3) is 4.37. The highest BCUT2D eigenvalue weighted by Crippen LogP contribution is 2.31. The van der Waals surface area contributed by atoms with Crippen LogP contribution in [0.25, 0.3) is 0 Å². The molecule has 2 N–H and O–H groups in total. The van der Waals surface area contributed by atoms with Crippen molar-refractivity contribution in [3.8, 4) is 0 Å². The summed E-state index contributed by atoms with van der Waals surface area (Å²) in [4.78, 5) is 24.1. The molecule has 2 amide bonds. The molecule has 1 saturated heterocycles. The number of likely N-dealkylation sites (N-methyl/N-ethyl adjacent to an activating group) is 1. The van der Waals surface area contributed by atoms with Crippen LogP contribution in [0.4, 0.5) is 4.79 Å². The minimum atomic E-state index is -0.995. The zero-order valence-electron chi connectivity index (χ0n) is 12.6. The molecule has 0 bridgehead atoms. The smallest absolute Gasteiger partial charge is 0.323 e. The van der Waals surface area contributed by atoms with E-state index in [-0.39, 0.29) is 24.2 Å². The van der Waals surface area contributed by atoms with Crippen molar-refractivity contribution < 1.29 is 19.4 Å². The first-order chi connectivity index (χ1) is 9.46. The van der Waals surface area contributed by atoms with E-state index in [1.807, 2.05) is 0 Å². The number of carboxylic acid groups (broad SMARTS) is 1. The minimum absolute atomic E-state index is 0.0546. The van der Waals surface area contributed by atoms with Gasteiger partial charge < -0.3 is 20.1 Å². The van der Waals surface area contributed by atoms with Crippen molar-refractivity contribution in [1.29, 1.82) is 0 Å². The Kier molecular flexibility index (Phi) is 6.26. The number of nitrogens with zero attached hydrogens (tertiary/aromatic N) is 1. The Hall–Kier alpha value is -1.30. The van der Waals surface area contributed by atoms with Crippen LogP contribution >= 0.6 is 0 Å². The van der Waals surface area contributed by atoms with Crippen molar-refractivity contribution in [2.75, 3.05) is 19.7 Å². The number of hydrogen-bond donors (Lipinski definition) is 2. The highest BCUT2D eigenvalue weighted by molar-refractivity contribution is 5.80. The third-order valence-corrected chi connectivity index (χ3v) is 4.10. The SMILES string of the molecule is CCN(CC(=O)O)C(=O)NC1CCOC(CC)(CC)C1. The molecule has 1 rings (SSSR count). The highest BCUT2D eigenvalue weighted by atomic mass is 16.5. The van der Waals surface area contributed by atoms with Crippen LogP contribution in [0.5, 0.6) is 0 Å². The van der Waals surface area contributed by atoms with Gasteiger partial charge in [-0.25, -0.2) is 4.79 Å². The lowest BCUT2D eigenvalue weighted by Gasteiger charge is -2.40. The molecule has 1 atom stereocenters. The Morgan fingerprint density at radius 3 is 2.50 bits per heavy atom. The van der Waals surface area contributed by atoms with Gasteiger partial charge in [0.15, 0.2) is 0 Å². The second-order valence-electron chi connectivity index (χ2n) is 5.29. The van der Waals surface area contributed by atoms with Gasteiger partial charge in [0, 0.05) is 19.2 Å². The lowest BCUT2D eigenvalue weighted by molar-refractivity contribution is -0.137. The molecule has 1 heterocycles. The molecule has 0 aliphatic carbocycles. The Morgan fingerprint density at radius 1 is 1.35 bits per heavy atom. The molecule has 1 aliphatic rings. The highest BCUT2D eigenvalue weighted by Gasteiger charge is 2.35. The first kappa shape index (κ1) is 16.8. The van der Waals surface area contributed by atoms with Crippen LogP contribution in [0, 0.1) is 0 Å². The van der Waals surface area contributed by atoms with Gasteiger partial charge in [0.2, 0.25) is 0 Å². The van der Waals surface area contributed by atoms with Gasteiger partial charge in [0.05, 0.1) is 5.60 Å². The van der Waals surface area contributed by atoms with E-state index in [1.54, 1.807) is 6.92 Å². The summed E-state index contributed by atoms with van der Waals surface area (Å²) in [5, 5.41) is 11.7. The van der Waals surface area contributed by atoms with Crippen LogP contribution in [0.1, 0.15) is 46.5 Å². The summed E-state index contributed by atoms with van der Waals surface area (Å²) in [5.74, 6) is -0.995. The fraction of sp³-hybridized carbons (Fsp3) is 0.857. The number of carboxylic acids is 1. The Morgan fingerprint density at radius 2 is 2.00 bits per heavy atom. The van der Waals surface area contributed by atoms with Crippen molar-refractivity contribution in [2.24, 2.45) is 0 Å².